The van der Waals surface area contributed by atoms with Crippen molar-refractivity contribution in [2.45, 2.75) is 153 Å². The van der Waals surface area contributed by atoms with Crippen molar-refractivity contribution in [1.29, 1.82) is 0 Å². The minimum atomic E-state index is 0.552. The first-order valence-corrected chi connectivity index (χ1v) is 17.6. The Kier molecular flexibility index (Phi) is 21.4. The van der Waals surface area contributed by atoms with E-state index in [1.165, 1.54) is 116 Å². The molecule has 0 fully saturated rings. The highest BCUT2D eigenvalue weighted by atomic mass is 35.5. The van der Waals surface area contributed by atoms with E-state index in [0.717, 1.165) is 54.0 Å². The average Bonchev–Trinajstić information content (AvgIpc) is 3.42. The van der Waals surface area contributed by atoms with Gasteiger partial charge in [-0.25, -0.2) is 0 Å². The van der Waals surface area contributed by atoms with Gasteiger partial charge in [-0.2, -0.15) is 0 Å². The Morgan fingerprint density at radius 2 is 1.21 bits per heavy atom. The molecule has 222 valence electrons. The van der Waals surface area contributed by atoms with E-state index in [9.17, 15) is 0 Å². The second-order valence-corrected chi connectivity index (χ2v) is 12.2. The van der Waals surface area contributed by atoms with Crippen molar-refractivity contribution in [3.05, 3.63) is 35.7 Å². The van der Waals surface area contributed by atoms with Gasteiger partial charge in [-0.1, -0.05) is 140 Å². The Labute approximate surface area is 248 Å². The molecule has 0 saturated carbocycles. The summed E-state index contributed by atoms with van der Waals surface area (Å²) in [5.74, 6) is 3.39. The third-order valence-corrected chi connectivity index (χ3v) is 8.52. The maximum absolute atomic E-state index is 5.84. The normalized spacial score (nSPS) is 11.3. The van der Waals surface area contributed by atoms with Gasteiger partial charge in [0.05, 0.1) is 6.61 Å². The highest BCUT2D eigenvalue weighted by Crippen LogP contribution is 2.20. The topological polar surface area (TPSA) is 48.2 Å². The van der Waals surface area contributed by atoms with E-state index in [1.54, 1.807) is 11.8 Å². The summed E-state index contributed by atoms with van der Waals surface area (Å²) in [6.45, 7) is 3.08. The largest absolute Gasteiger partial charge is 0.494 e. The molecule has 0 aliphatic heterocycles. The second kappa shape index (κ2) is 24.6. The second-order valence-electron chi connectivity index (χ2n) is 10.9. The van der Waals surface area contributed by atoms with E-state index in [0.29, 0.717) is 5.88 Å². The van der Waals surface area contributed by atoms with Crippen molar-refractivity contribution in [1.82, 2.24) is 10.2 Å². The molecule has 4 nitrogen and oxygen atoms in total. The number of hydrogen-bond donors (Lipinski definition) is 0. The van der Waals surface area contributed by atoms with Gasteiger partial charge in [-0.15, -0.1) is 21.8 Å². The Hall–Kier alpha value is -1.20. The zero-order valence-corrected chi connectivity index (χ0v) is 26.3. The summed E-state index contributed by atoms with van der Waals surface area (Å²) in [6.07, 6.45) is 27.5. The first-order valence-electron chi connectivity index (χ1n) is 16.0. The Bertz CT molecular complexity index is 799. The van der Waals surface area contributed by atoms with Gasteiger partial charge in [0.15, 0.2) is 0 Å². The van der Waals surface area contributed by atoms with Crippen molar-refractivity contribution in [2.24, 2.45) is 0 Å². The number of ether oxygens (including phenoxy) is 1. The van der Waals surface area contributed by atoms with Crippen LogP contribution in [0.2, 0.25) is 0 Å². The van der Waals surface area contributed by atoms with Crippen LogP contribution in [-0.2, 0) is 12.3 Å². The zero-order chi connectivity index (χ0) is 27.6. The van der Waals surface area contributed by atoms with Crippen molar-refractivity contribution in [3.63, 3.8) is 0 Å². The first-order chi connectivity index (χ1) is 19.3. The predicted molar refractivity (Wildman–Crippen MR) is 168 cm³/mol. The molecule has 1 aromatic carbocycles. The fraction of sp³-hybridized carbons (Fsp3) is 0.758. The number of thioether (sulfide) groups is 1. The van der Waals surface area contributed by atoms with Crippen molar-refractivity contribution in [3.8, 4) is 5.75 Å². The van der Waals surface area contributed by atoms with Crippen LogP contribution in [0.15, 0.2) is 33.9 Å². The quantitative estimate of drug-likeness (QED) is 0.0599. The molecule has 1 aromatic heterocycles. The lowest BCUT2D eigenvalue weighted by molar-refractivity contribution is 0.304. The molecule has 0 spiro atoms. The molecule has 0 N–H and O–H groups in total. The third kappa shape index (κ3) is 18.7. The minimum Gasteiger partial charge on any atom is -0.494 e. The van der Waals surface area contributed by atoms with Gasteiger partial charge in [-0.05, 0) is 37.0 Å². The summed E-state index contributed by atoms with van der Waals surface area (Å²) < 4.78 is 11.6. The highest BCUT2D eigenvalue weighted by molar-refractivity contribution is 7.99. The number of nitrogens with zero attached hydrogens (tertiary/aromatic N) is 2. The lowest BCUT2D eigenvalue weighted by Crippen LogP contribution is -1.97. The van der Waals surface area contributed by atoms with Crippen LogP contribution in [-0.4, -0.2) is 22.6 Å². The SMILES string of the molecule is CCCCCCCCCCCCCCSc1nnc(CCCCCCCCCCOc2ccc(CCl)cc2)o1. The van der Waals surface area contributed by atoms with Gasteiger partial charge >= 0.3 is 0 Å². The van der Waals surface area contributed by atoms with E-state index in [4.69, 9.17) is 20.8 Å². The monoisotopic (exact) mass is 578 g/mol. The molecule has 0 atom stereocenters. The van der Waals surface area contributed by atoms with Crippen molar-refractivity contribution < 1.29 is 9.15 Å². The molecule has 0 aliphatic rings. The molecule has 0 amide bonds. The molecule has 0 saturated heterocycles. The molecule has 0 bridgehead atoms. The summed E-state index contributed by atoms with van der Waals surface area (Å²) in [5.41, 5.74) is 1.13. The summed E-state index contributed by atoms with van der Waals surface area (Å²) in [7, 11) is 0. The molecule has 2 aromatic rings. The van der Waals surface area contributed by atoms with Crippen LogP contribution < -0.4 is 4.74 Å². The van der Waals surface area contributed by atoms with E-state index < -0.39 is 0 Å². The van der Waals surface area contributed by atoms with Crippen LogP contribution in [0, 0.1) is 0 Å². The summed E-state index contributed by atoms with van der Waals surface area (Å²) in [6, 6.07) is 8.07. The van der Waals surface area contributed by atoms with Crippen LogP contribution in [0.4, 0.5) is 0 Å². The van der Waals surface area contributed by atoms with Gasteiger partial charge < -0.3 is 9.15 Å². The maximum Gasteiger partial charge on any atom is 0.276 e. The number of halogens is 1. The van der Waals surface area contributed by atoms with Crippen LogP contribution in [0.5, 0.6) is 5.75 Å². The van der Waals surface area contributed by atoms with Gasteiger partial charge in [0, 0.05) is 18.1 Å². The number of benzene rings is 1. The molecule has 6 heteroatoms. The molecule has 0 aliphatic carbocycles. The molecule has 2 rings (SSSR count). The molecule has 39 heavy (non-hydrogen) atoms. The van der Waals surface area contributed by atoms with Gasteiger partial charge in [0.25, 0.3) is 5.22 Å². The first kappa shape index (κ1) is 34.0. The van der Waals surface area contributed by atoms with Gasteiger partial charge in [0.2, 0.25) is 5.89 Å². The van der Waals surface area contributed by atoms with E-state index in [1.807, 2.05) is 24.3 Å². The maximum atomic E-state index is 5.84. The highest BCUT2D eigenvalue weighted by Gasteiger charge is 2.06. The number of aromatic nitrogens is 2. The Morgan fingerprint density at radius 1 is 0.667 bits per heavy atom. The van der Waals surface area contributed by atoms with E-state index in [2.05, 4.69) is 17.1 Å². The fourth-order valence-corrected chi connectivity index (χ4v) is 5.76. The fourth-order valence-electron chi connectivity index (χ4n) is 4.80. The standard InChI is InChI=1S/C33H55ClN2O2S/c1-2-3-4-5-6-7-8-9-12-15-18-21-28-39-33-36-35-32(38-33)22-19-16-13-10-11-14-17-20-27-37-31-25-23-30(29-34)24-26-31/h23-26H,2-22,27-29H2,1H3. The van der Waals surface area contributed by atoms with E-state index >= 15 is 0 Å². The zero-order valence-electron chi connectivity index (χ0n) is 24.8. The number of aryl methyl sites for hydroxylation is 1. The molecule has 1 heterocycles. The smallest absolute Gasteiger partial charge is 0.276 e. The lowest BCUT2D eigenvalue weighted by atomic mass is 10.1. The molecule has 0 unspecified atom stereocenters. The number of alkyl halides is 1. The van der Waals surface area contributed by atoms with Crippen LogP contribution in [0.25, 0.3) is 0 Å². The number of unbranched alkanes of at least 4 members (excludes halogenated alkanes) is 18. The van der Waals surface area contributed by atoms with Crippen molar-refractivity contribution in [2.75, 3.05) is 12.4 Å². The summed E-state index contributed by atoms with van der Waals surface area (Å²) in [5, 5.41) is 9.23. The average molecular weight is 579 g/mol. The van der Waals surface area contributed by atoms with Crippen molar-refractivity contribution >= 4 is 23.4 Å². The number of rotatable bonds is 27. The van der Waals surface area contributed by atoms with Crippen LogP contribution in [0.3, 0.4) is 0 Å². The molecule has 0 radical (unpaired) electrons. The third-order valence-electron chi connectivity index (χ3n) is 7.30. The number of hydrogen-bond acceptors (Lipinski definition) is 5. The Morgan fingerprint density at radius 3 is 1.79 bits per heavy atom. The molecular weight excluding hydrogens is 524 g/mol. The summed E-state index contributed by atoms with van der Waals surface area (Å²) >= 11 is 7.55. The Balaban J connectivity index is 1.31. The van der Waals surface area contributed by atoms with Gasteiger partial charge in [-0.3, -0.25) is 0 Å². The lowest BCUT2D eigenvalue weighted by Gasteiger charge is -2.06. The molecular formula is C33H55ClN2O2S. The van der Waals surface area contributed by atoms with Gasteiger partial charge in [0.1, 0.15) is 5.75 Å². The minimum absolute atomic E-state index is 0.552. The van der Waals surface area contributed by atoms with Crippen LogP contribution in [0.1, 0.15) is 147 Å². The predicted octanol–water partition coefficient (Wildman–Crippen LogP) is 11.3. The van der Waals surface area contributed by atoms with Crippen LogP contribution >= 0.6 is 23.4 Å². The van der Waals surface area contributed by atoms with E-state index in [-0.39, 0.29) is 0 Å². The summed E-state index contributed by atoms with van der Waals surface area (Å²) in [4.78, 5) is 0.